The van der Waals surface area contributed by atoms with E-state index in [9.17, 15) is 0 Å². The summed E-state index contributed by atoms with van der Waals surface area (Å²) in [6, 6.07) is 8.40. The lowest BCUT2D eigenvalue weighted by molar-refractivity contribution is 0.167. The fourth-order valence-electron chi connectivity index (χ4n) is 3.70. The highest BCUT2D eigenvalue weighted by Gasteiger charge is 2.19. The Morgan fingerprint density at radius 2 is 2.22 bits per heavy atom. The number of nitrogens with zero attached hydrogens (tertiary/aromatic N) is 4. The van der Waals surface area contributed by atoms with Crippen molar-refractivity contribution in [3.63, 3.8) is 0 Å². The number of ether oxygens (including phenoxy) is 1. The monoisotopic (exact) mass is 367 g/mol. The van der Waals surface area contributed by atoms with E-state index >= 15 is 0 Å². The molecule has 4 rings (SSSR count). The van der Waals surface area contributed by atoms with E-state index in [0.29, 0.717) is 11.8 Å². The molecule has 1 aliphatic heterocycles. The summed E-state index contributed by atoms with van der Waals surface area (Å²) in [5.41, 5.74) is 2.12. The van der Waals surface area contributed by atoms with Crippen LogP contribution in [-0.2, 0) is 0 Å². The minimum Gasteiger partial charge on any atom is -0.497 e. The fraction of sp³-hybridized carbons (Fsp3) is 0.450. The van der Waals surface area contributed by atoms with Gasteiger partial charge < -0.3 is 14.6 Å². The summed E-state index contributed by atoms with van der Waals surface area (Å²) in [6.07, 6.45) is 5.41. The zero-order valence-corrected chi connectivity index (χ0v) is 15.8. The lowest BCUT2D eigenvalue weighted by Gasteiger charge is -2.33. The van der Waals surface area contributed by atoms with E-state index in [1.165, 1.54) is 32.1 Å². The normalized spacial score (nSPS) is 17.9. The van der Waals surface area contributed by atoms with E-state index < -0.39 is 0 Å². The number of anilines is 1. The van der Waals surface area contributed by atoms with Crippen molar-refractivity contribution in [2.24, 2.45) is 0 Å². The molecule has 7 heteroatoms. The van der Waals surface area contributed by atoms with Crippen molar-refractivity contribution in [2.75, 3.05) is 32.1 Å². The maximum atomic E-state index is 5.44. The first-order valence-corrected chi connectivity index (χ1v) is 9.49. The van der Waals surface area contributed by atoms with Gasteiger partial charge in [-0.1, -0.05) is 23.7 Å². The first-order valence-electron chi connectivity index (χ1n) is 9.49. The van der Waals surface area contributed by atoms with Gasteiger partial charge in [-0.05, 0) is 38.4 Å². The van der Waals surface area contributed by atoms with Crippen molar-refractivity contribution in [3.05, 3.63) is 30.6 Å². The highest BCUT2D eigenvalue weighted by Crippen LogP contribution is 2.32. The number of fused-ring (bicyclic) bond motifs is 1. The Balaban J connectivity index is 1.57. The molecule has 1 atom stereocenters. The molecule has 1 N–H and O–H groups in total. The van der Waals surface area contributed by atoms with Crippen LogP contribution >= 0.6 is 0 Å². The molecule has 142 valence electrons. The highest BCUT2D eigenvalue weighted by atomic mass is 16.5. The Morgan fingerprint density at radius 1 is 1.30 bits per heavy atom. The maximum absolute atomic E-state index is 5.44. The van der Waals surface area contributed by atoms with Crippen LogP contribution in [0, 0.1) is 0 Å². The SMILES string of the molecule is COc1cccc(-c2noc3ncnc(NCCN4CCCCC4C)c23)c1. The minimum absolute atomic E-state index is 0.483. The van der Waals surface area contributed by atoms with Crippen LogP contribution in [0.5, 0.6) is 5.75 Å². The molecule has 7 nitrogen and oxygen atoms in total. The molecular weight excluding hydrogens is 342 g/mol. The standard InChI is InChI=1S/C20H25N5O2/c1-14-6-3-4-10-25(14)11-9-21-19-17-18(24-27-20(17)23-13-22-19)15-7-5-8-16(12-15)26-2/h5,7-8,12-14H,3-4,6,9-11H2,1-2H3,(H,21,22,23). The van der Waals surface area contributed by atoms with Crippen molar-refractivity contribution in [1.29, 1.82) is 0 Å². The molecule has 1 fully saturated rings. The van der Waals surface area contributed by atoms with E-state index in [0.717, 1.165) is 41.3 Å². The van der Waals surface area contributed by atoms with E-state index in [4.69, 9.17) is 9.26 Å². The molecule has 1 aromatic carbocycles. The van der Waals surface area contributed by atoms with Crippen LogP contribution in [-0.4, -0.2) is 52.8 Å². The Bertz CT molecular complexity index is 910. The van der Waals surface area contributed by atoms with Gasteiger partial charge in [0.15, 0.2) is 0 Å². The molecule has 0 radical (unpaired) electrons. The van der Waals surface area contributed by atoms with Crippen LogP contribution in [0.4, 0.5) is 5.82 Å². The number of likely N-dealkylation sites (tertiary alicyclic amines) is 1. The zero-order chi connectivity index (χ0) is 18.6. The van der Waals surface area contributed by atoms with Gasteiger partial charge in [-0.2, -0.15) is 4.98 Å². The number of piperidine rings is 1. The Hall–Kier alpha value is -2.67. The van der Waals surface area contributed by atoms with E-state index in [1.54, 1.807) is 7.11 Å². The third-order valence-corrected chi connectivity index (χ3v) is 5.25. The Morgan fingerprint density at radius 3 is 3.07 bits per heavy atom. The van der Waals surface area contributed by atoms with E-state index in [-0.39, 0.29) is 0 Å². The molecule has 1 unspecified atom stereocenters. The van der Waals surface area contributed by atoms with Crippen molar-refractivity contribution in [1.82, 2.24) is 20.0 Å². The second-order valence-corrected chi connectivity index (χ2v) is 6.97. The molecule has 1 saturated heterocycles. The first-order chi connectivity index (χ1) is 13.3. The van der Waals surface area contributed by atoms with Crippen LogP contribution in [0.15, 0.2) is 35.1 Å². The maximum Gasteiger partial charge on any atom is 0.263 e. The van der Waals surface area contributed by atoms with Gasteiger partial charge in [-0.3, -0.25) is 4.90 Å². The lowest BCUT2D eigenvalue weighted by atomic mass is 10.0. The third kappa shape index (κ3) is 3.73. The zero-order valence-electron chi connectivity index (χ0n) is 15.8. The van der Waals surface area contributed by atoms with Crippen LogP contribution in [0.3, 0.4) is 0 Å². The smallest absolute Gasteiger partial charge is 0.263 e. The molecule has 3 heterocycles. The number of benzene rings is 1. The van der Waals surface area contributed by atoms with E-state index in [2.05, 4.69) is 32.3 Å². The quantitative estimate of drug-likeness (QED) is 0.713. The molecule has 3 aromatic rings. The van der Waals surface area contributed by atoms with Gasteiger partial charge >= 0.3 is 0 Å². The van der Waals surface area contributed by atoms with Crippen LogP contribution < -0.4 is 10.1 Å². The topological polar surface area (TPSA) is 76.3 Å². The van der Waals surface area contributed by atoms with Crippen molar-refractivity contribution >= 4 is 16.9 Å². The van der Waals surface area contributed by atoms with Crippen LogP contribution in [0.1, 0.15) is 26.2 Å². The van der Waals surface area contributed by atoms with Gasteiger partial charge in [-0.25, -0.2) is 4.98 Å². The summed E-state index contributed by atoms with van der Waals surface area (Å²) in [7, 11) is 1.65. The fourth-order valence-corrected chi connectivity index (χ4v) is 3.70. The molecule has 0 amide bonds. The van der Waals surface area contributed by atoms with Crippen LogP contribution in [0.25, 0.3) is 22.4 Å². The van der Waals surface area contributed by atoms with Crippen molar-refractivity contribution in [3.8, 4) is 17.0 Å². The average Bonchev–Trinajstić information content (AvgIpc) is 3.14. The summed E-state index contributed by atoms with van der Waals surface area (Å²) in [5.74, 6) is 1.53. The molecular formula is C20H25N5O2. The number of rotatable bonds is 6. The summed E-state index contributed by atoms with van der Waals surface area (Å²) < 4.78 is 10.8. The molecule has 0 saturated carbocycles. The predicted octanol–water partition coefficient (Wildman–Crippen LogP) is 3.58. The second kappa shape index (κ2) is 7.92. The van der Waals surface area contributed by atoms with Gasteiger partial charge in [0.25, 0.3) is 5.71 Å². The number of aromatic nitrogens is 3. The third-order valence-electron chi connectivity index (χ3n) is 5.25. The minimum atomic E-state index is 0.483. The molecule has 0 bridgehead atoms. The summed E-state index contributed by atoms with van der Waals surface area (Å²) in [6.45, 7) is 5.29. The summed E-state index contributed by atoms with van der Waals surface area (Å²) in [5, 5.41) is 8.49. The molecule has 1 aliphatic rings. The highest BCUT2D eigenvalue weighted by molar-refractivity contribution is 5.97. The molecule has 27 heavy (non-hydrogen) atoms. The number of methoxy groups -OCH3 is 1. The van der Waals surface area contributed by atoms with Crippen molar-refractivity contribution < 1.29 is 9.26 Å². The largest absolute Gasteiger partial charge is 0.497 e. The molecule has 0 aliphatic carbocycles. The summed E-state index contributed by atoms with van der Waals surface area (Å²) in [4.78, 5) is 11.2. The molecule has 2 aromatic heterocycles. The average molecular weight is 367 g/mol. The number of hydrogen-bond donors (Lipinski definition) is 1. The Labute approximate surface area is 158 Å². The lowest BCUT2D eigenvalue weighted by Crippen LogP contribution is -2.40. The second-order valence-electron chi connectivity index (χ2n) is 6.97. The van der Waals surface area contributed by atoms with Gasteiger partial charge in [-0.15, -0.1) is 0 Å². The number of hydrogen-bond acceptors (Lipinski definition) is 7. The first kappa shape index (κ1) is 17.7. The van der Waals surface area contributed by atoms with Gasteiger partial charge in [0.2, 0.25) is 0 Å². The predicted molar refractivity (Wildman–Crippen MR) is 105 cm³/mol. The molecule has 0 spiro atoms. The summed E-state index contributed by atoms with van der Waals surface area (Å²) >= 11 is 0. The number of nitrogens with one attached hydrogen (secondary N) is 1. The van der Waals surface area contributed by atoms with Gasteiger partial charge in [0, 0.05) is 24.7 Å². The Kier molecular flexibility index (Phi) is 5.20. The van der Waals surface area contributed by atoms with Crippen molar-refractivity contribution in [2.45, 2.75) is 32.2 Å². The van der Waals surface area contributed by atoms with Crippen LogP contribution in [0.2, 0.25) is 0 Å². The van der Waals surface area contributed by atoms with Gasteiger partial charge in [0.1, 0.15) is 29.0 Å². The van der Waals surface area contributed by atoms with Gasteiger partial charge in [0.05, 0.1) is 7.11 Å². The van der Waals surface area contributed by atoms with E-state index in [1.807, 2.05) is 24.3 Å².